The van der Waals surface area contributed by atoms with Gasteiger partial charge < -0.3 is 25.2 Å². The van der Waals surface area contributed by atoms with E-state index in [9.17, 15) is 35.9 Å². The van der Waals surface area contributed by atoms with Crippen LogP contribution in [0.2, 0.25) is 0 Å². The molecular formula is C32H36F6N4O8. The molecular weight excluding hydrogens is 682 g/mol. The Morgan fingerprint density at radius 2 is 1.54 bits per heavy atom. The lowest BCUT2D eigenvalue weighted by atomic mass is 9.85. The molecule has 0 saturated carbocycles. The second-order valence-electron chi connectivity index (χ2n) is 11.2. The molecule has 0 radical (unpaired) electrons. The van der Waals surface area contributed by atoms with Crippen molar-refractivity contribution in [2.24, 2.45) is 0 Å². The fourth-order valence-electron chi connectivity index (χ4n) is 5.06. The number of hydrogen-bond donors (Lipinski definition) is 5. The Labute approximate surface area is 282 Å². The van der Waals surface area contributed by atoms with E-state index in [4.69, 9.17) is 29.7 Å². The van der Waals surface area contributed by atoms with Crippen molar-refractivity contribution in [3.8, 4) is 5.75 Å². The van der Waals surface area contributed by atoms with Gasteiger partial charge in [-0.25, -0.2) is 15.1 Å². The van der Waals surface area contributed by atoms with Gasteiger partial charge in [0.25, 0.3) is 5.91 Å². The van der Waals surface area contributed by atoms with Crippen LogP contribution in [0, 0.1) is 6.92 Å². The summed E-state index contributed by atoms with van der Waals surface area (Å²) in [5.74, 6) is -5.61. The van der Waals surface area contributed by atoms with Crippen molar-refractivity contribution < 1.29 is 65.7 Å². The number of carboxylic acid groups (broad SMARTS) is 2. The fraction of sp³-hybridized carbons (Fsp3) is 0.406. The number of para-hydroxylation sites is 1. The van der Waals surface area contributed by atoms with Gasteiger partial charge in [-0.2, -0.15) is 26.3 Å². The van der Waals surface area contributed by atoms with Crippen LogP contribution in [0.5, 0.6) is 5.75 Å². The van der Waals surface area contributed by atoms with Gasteiger partial charge in [0.05, 0.1) is 17.5 Å². The van der Waals surface area contributed by atoms with Crippen LogP contribution >= 0.6 is 0 Å². The second-order valence-corrected chi connectivity index (χ2v) is 11.2. The van der Waals surface area contributed by atoms with Crippen LogP contribution in [-0.2, 0) is 21.0 Å². The number of piperidine rings is 1. The molecule has 18 heteroatoms. The van der Waals surface area contributed by atoms with E-state index in [1.54, 1.807) is 29.7 Å². The number of halogens is 6. The van der Waals surface area contributed by atoms with Crippen molar-refractivity contribution in [3.05, 3.63) is 71.4 Å². The zero-order chi connectivity index (χ0) is 37.7. The Morgan fingerprint density at radius 1 is 0.960 bits per heavy atom. The minimum Gasteiger partial charge on any atom is -0.489 e. The van der Waals surface area contributed by atoms with Gasteiger partial charge in [0.1, 0.15) is 12.4 Å². The highest BCUT2D eigenvalue weighted by atomic mass is 19.4. The molecule has 3 aromatic rings. The number of aliphatic carboxylic acids is 2. The molecule has 1 saturated heterocycles. The molecule has 12 nitrogen and oxygen atoms in total. The number of carbonyl (C=O) groups is 4. The standard InChI is InChI=1S/C28H34N4O4.2C2HF3O2/c1-3-14-32-15-6-13-28(19-32,17-26(33)31-35)30-27(34)21-9-11-23(12-10-21)36-18-22-16-20(2)29-25-8-5-4-7-24(22)25;2*3-2(4,5)1(6)7/h4-5,7-12,16,35H,3,6,13-15,17-19H2,1-2H3,(H,30,34)(H,31,33);2*(H,6,7). The Kier molecular flexibility index (Phi) is 15.0. The number of carbonyl (C=O) groups excluding carboxylic acids is 2. The maximum atomic E-state index is 13.2. The second kappa shape index (κ2) is 18.1. The van der Waals surface area contributed by atoms with E-state index in [0.717, 1.165) is 48.1 Å². The maximum Gasteiger partial charge on any atom is 0.490 e. The van der Waals surface area contributed by atoms with E-state index in [0.29, 0.717) is 30.9 Å². The van der Waals surface area contributed by atoms with Gasteiger partial charge in [0.2, 0.25) is 5.91 Å². The highest BCUT2D eigenvalue weighted by molar-refractivity contribution is 5.95. The molecule has 2 aromatic carbocycles. The smallest absolute Gasteiger partial charge is 0.489 e. The van der Waals surface area contributed by atoms with Crippen LogP contribution in [0.25, 0.3) is 10.9 Å². The largest absolute Gasteiger partial charge is 0.490 e. The summed E-state index contributed by atoms with van der Waals surface area (Å²) in [6, 6.07) is 17.0. The topological polar surface area (TPSA) is 178 Å². The zero-order valence-electron chi connectivity index (χ0n) is 26.9. The minimum absolute atomic E-state index is 0.0238. The molecule has 4 rings (SSSR count). The monoisotopic (exact) mass is 718 g/mol. The maximum absolute atomic E-state index is 13.2. The van der Waals surface area contributed by atoms with Crippen molar-refractivity contribution in [1.82, 2.24) is 20.7 Å². The number of aromatic nitrogens is 1. The van der Waals surface area contributed by atoms with E-state index in [-0.39, 0.29) is 12.3 Å². The van der Waals surface area contributed by atoms with Crippen LogP contribution in [0.15, 0.2) is 54.6 Å². The molecule has 1 atom stereocenters. The minimum atomic E-state index is -5.08. The number of amides is 2. The SMILES string of the molecule is CCCN1CCCC(CC(=O)NO)(NC(=O)c2ccc(OCc3cc(C)nc4ccccc34)cc2)C1.O=C(O)C(F)(F)F.O=C(O)C(F)(F)F. The number of pyridine rings is 1. The highest BCUT2D eigenvalue weighted by Gasteiger charge is 2.40. The van der Waals surface area contributed by atoms with Crippen LogP contribution in [0.3, 0.4) is 0 Å². The number of aryl methyl sites for hydroxylation is 1. The van der Waals surface area contributed by atoms with Crippen molar-refractivity contribution in [2.45, 2.75) is 64.0 Å². The number of likely N-dealkylation sites (tertiary alicyclic amines) is 1. The summed E-state index contributed by atoms with van der Waals surface area (Å²) in [4.78, 5) is 49.8. The molecule has 0 aliphatic carbocycles. The molecule has 274 valence electrons. The number of rotatable bonds is 9. The lowest BCUT2D eigenvalue weighted by Gasteiger charge is -2.43. The van der Waals surface area contributed by atoms with Crippen LogP contribution < -0.4 is 15.5 Å². The molecule has 2 amide bonds. The average molecular weight is 719 g/mol. The number of carboxylic acids is 2. The fourth-order valence-corrected chi connectivity index (χ4v) is 5.06. The average Bonchev–Trinajstić information content (AvgIpc) is 3.03. The van der Waals surface area contributed by atoms with Gasteiger partial charge in [-0.1, -0.05) is 25.1 Å². The molecule has 0 spiro atoms. The summed E-state index contributed by atoms with van der Waals surface area (Å²) >= 11 is 0. The summed E-state index contributed by atoms with van der Waals surface area (Å²) in [6.07, 6.45) is -7.61. The van der Waals surface area contributed by atoms with E-state index >= 15 is 0 Å². The lowest BCUT2D eigenvalue weighted by Crippen LogP contribution is -2.60. The first kappa shape index (κ1) is 41.2. The Bertz CT molecular complexity index is 1590. The predicted molar refractivity (Wildman–Crippen MR) is 165 cm³/mol. The summed E-state index contributed by atoms with van der Waals surface area (Å²) in [6.45, 7) is 6.87. The predicted octanol–water partition coefficient (Wildman–Crippen LogP) is 5.26. The highest BCUT2D eigenvalue weighted by Crippen LogP contribution is 2.27. The molecule has 50 heavy (non-hydrogen) atoms. The first-order valence-electron chi connectivity index (χ1n) is 15.0. The van der Waals surface area contributed by atoms with Gasteiger partial charge in [-0.05, 0) is 75.7 Å². The molecule has 1 aliphatic rings. The number of fused-ring (bicyclic) bond motifs is 1. The van der Waals surface area contributed by atoms with Crippen molar-refractivity contribution in [3.63, 3.8) is 0 Å². The first-order valence-corrected chi connectivity index (χ1v) is 15.0. The first-order chi connectivity index (χ1) is 23.3. The number of nitrogens with zero attached hydrogens (tertiary/aromatic N) is 2. The molecule has 1 unspecified atom stereocenters. The van der Waals surface area contributed by atoms with Gasteiger partial charge in [-0.3, -0.25) is 19.8 Å². The molecule has 2 heterocycles. The van der Waals surface area contributed by atoms with Gasteiger partial charge in [-0.15, -0.1) is 0 Å². The van der Waals surface area contributed by atoms with Crippen LogP contribution in [-0.4, -0.2) is 86.6 Å². The van der Waals surface area contributed by atoms with Crippen molar-refractivity contribution in [2.75, 3.05) is 19.6 Å². The molecule has 1 aliphatic heterocycles. The van der Waals surface area contributed by atoms with Crippen LogP contribution in [0.4, 0.5) is 26.3 Å². The number of benzene rings is 2. The van der Waals surface area contributed by atoms with E-state index < -0.39 is 35.7 Å². The van der Waals surface area contributed by atoms with E-state index in [2.05, 4.69) is 22.1 Å². The lowest BCUT2D eigenvalue weighted by molar-refractivity contribution is -0.193. The van der Waals surface area contributed by atoms with E-state index in [1.807, 2.05) is 37.3 Å². The summed E-state index contributed by atoms with van der Waals surface area (Å²) in [5, 5.41) is 27.5. The molecule has 1 aromatic heterocycles. The molecule has 1 fully saturated rings. The zero-order valence-corrected chi connectivity index (χ0v) is 26.9. The van der Waals surface area contributed by atoms with E-state index in [1.165, 1.54) is 0 Å². The van der Waals surface area contributed by atoms with Crippen molar-refractivity contribution >= 4 is 34.7 Å². The number of nitrogens with one attached hydrogen (secondary N) is 2. The normalized spacial score (nSPS) is 16.2. The quantitative estimate of drug-likeness (QED) is 0.111. The third kappa shape index (κ3) is 13.1. The third-order valence-electron chi connectivity index (χ3n) is 7.12. The number of alkyl halides is 6. The van der Waals surface area contributed by atoms with Gasteiger partial charge in [0, 0.05) is 28.8 Å². The summed E-state index contributed by atoms with van der Waals surface area (Å²) in [7, 11) is 0. The van der Waals surface area contributed by atoms with Crippen LogP contribution in [0.1, 0.15) is 54.2 Å². The van der Waals surface area contributed by atoms with Gasteiger partial charge >= 0.3 is 24.3 Å². The van der Waals surface area contributed by atoms with Gasteiger partial charge in [0.15, 0.2) is 0 Å². The number of hydrogen-bond acceptors (Lipinski definition) is 8. The molecule has 5 N–H and O–H groups in total. The Hall–Kier alpha value is -4.97. The third-order valence-corrected chi connectivity index (χ3v) is 7.12. The Balaban J connectivity index is 0.000000521. The summed E-state index contributed by atoms with van der Waals surface area (Å²) in [5.41, 5.74) is 4.40. The number of hydroxylamine groups is 1. The molecule has 0 bridgehead atoms. The summed E-state index contributed by atoms with van der Waals surface area (Å²) < 4.78 is 69.5. The Morgan fingerprint density at radius 3 is 2.08 bits per heavy atom. The van der Waals surface area contributed by atoms with Crippen molar-refractivity contribution in [1.29, 1.82) is 0 Å². The number of ether oxygens (including phenoxy) is 1.